The maximum absolute atomic E-state index is 13.7. The fraction of sp³-hybridized carbons (Fsp3) is 0.455. The number of Topliss-reactive ketones (excluding diaryl/α,β-unsaturated/α-hetero) is 1. The average Bonchev–Trinajstić information content (AvgIpc) is 3.64. The Morgan fingerprint density at radius 2 is 1.62 bits per heavy atom. The summed E-state index contributed by atoms with van der Waals surface area (Å²) in [6.07, 6.45) is 9.51. The van der Waals surface area contributed by atoms with Gasteiger partial charge in [-0.1, -0.05) is 25.0 Å². The number of nitrogens with zero attached hydrogens (tertiary/aromatic N) is 5. The molecule has 0 radical (unpaired) electrons. The van der Waals surface area contributed by atoms with E-state index >= 15 is 0 Å². The summed E-state index contributed by atoms with van der Waals surface area (Å²) in [5.41, 5.74) is 4.39. The predicted octanol–water partition coefficient (Wildman–Crippen LogP) is 6.96. The van der Waals surface area contributed by atoms with Gasteiger partial charge < -0.3 is 4.90 Å². The van der Waals surface area contributed by atoms with Crippen LogP contribution >= 0.6 is 0 Å². The van der Waals surface area contributed by atoms with Gasteiger partial charge in [-0.3, -0.25) is 4.79 Å². The third-order valence-electron chi connectivity index (χ3n) is 9.19. The first-order valence-electron chi connectivity index (χ1n) is 14.5. The summed E-state index contributed by atoms with van der Waals surface area (Å²) in [5.74, 6) is -0.116. The van der Waals surface area contributed by atoms with Crippen LogP contribution < -0.4 is 4.90 Å². The van der Waals surface area contributed by atoms with Crippen LogP contribution in [0.1, 0.15) is 69.4 Å². The number of hydrogen-bond donors (Lipinski definition) is 0. The maximum Gasteiger partial charge on any atom is 0.138 e. The molecule has 0 unspecified atom stereocenters. The van der Waals surface area contributed by atoms with Crippen LogP contribution in [0.2, 0.25) is 0 Å². The van der Waals surface area contributed by atoms with E-state index in [1.165, 1.54) is 12.1 Å². The highest BCUT2D eigenvalue weighted by atomic mass is 19.1. The summed E-state index contributed by atoms with van der Waals surface area (Å²) in [6, 6.07) is 19.6. The second kappa shape index (κ2) is 10.9. The van der Waals surface area contributed by atoms with E-state index in [2.05, 4.69) is 41.3 Å². The molecule has 6 rings (SSSR count). The molecule has 2 aliphatic carbocycles. The number of carbonyl (C=O) groups is 1. The Hall–Kier alpha value is -3.97. The van der Waals surface area contributed by atoms with Crippen LogP contribution in [-0.4, -0.2) is 28.7 Å². The van der Waals surface area contributed by atoms with Crippen molar-refractivity contribution >= 4 is 11.5 Å². The molecule has 3 fully saturated rings. The van der Waals surface area contributed by atoms with Crippen molar-refractivity contribution in [2.45, 2.75) is 63.7 Å². The summed E-state index contributed by atoms with van der Waals surface area (Å²) in [7, 11) is 0. The Morgan fingerprint density at radius 1 is 0.950 bits per heavy atom. The molecule has 1 saturated heterocycles. The van der Waals surface area contributed by atoms with E-state index in [-0.39, 0.29) is 29.4 Å². The fourth-order valence-corrected chi connectivity index (χ4v) is 6.52. The topological polar surface area (TPSA) is 85.7 Å². The first-order valence-corrected chi connectivity index (χ1v) is 14.5. The summed E-state index contributed by atoms with van der Waals surface area (Å²) >= 11 is 0. The molecule has 2 heterocycles. The van der Waals surface area contributed by atoms with Crippen LogP contribution in [-0.2, 0) is 4.79 Å². The zero-order valence-corrected chi connectivity index (χ0v) is 22.7. The van der Waals surface area contributed by atoms with Gasteiger partial charge in [0.25, 0.3) is 0 Å². The highest BCUT2D eigenvalue weighted by molar-refractivity contribution is 5.84. The molecular formula is C33H34FN5O. The van der Waals surface area contributed by atoms with Crippen LogP contribution in [0.25, 0.3) is 16.8 Å². The SMILES string of the molecule is N#CC1CCN(c2ccc(-c3cn(-c4ccc(F)cc4)nc3[C@@H]3CCCC[C@H]3C(=O)CC3(C#N)CC3)cc2)CC1. The molecule has 0 N–H and O–H groups in total. The van der Waals surface area contributed by atoms with Gasteiger partial charge in [0.1, 0.15) is 11.6 Å². The van der Waals surface area contributed by atoms with Crippen molar-refractivity contribution in [1.29, 1.82) is 10.5 Å². The second-order valence-corrected chi connectivity index (χ2v) is 11.8. The molecule has 1 aromatic heterocycles. The molecule has 0 amide bonds. The van der Waals surface area contributed by atoms with Gasteiger partial charge >= 0.3 is 0 Å². The zero-order chi connectivity index (χ0) is 27.7. The molecule has 204 valence electrons. The molecule has 2 atom stereocenters. The first-order chi connectivity index (χ1) is 19.5. The van der Waals surface area contributed by atoms with E-state index in [0.717, 1.165) is 92.7 Å². The molecule has 2 aromatic carbocycles. The van der Waals surface area contributed by atoms with Crippen LogP contribution in [0.4, 0.5) is 10.1 Å². The highest BCUT2D eigenvalue weighted by Gasteiger charge is 2.47. The van der Waals surface area contributed by atoms with E-state index in [0.29, 0.717) is 6.42 Å². The third-order valence-corrected chi connectivity index (χ3v) is 9.19. The Balaban J connectivity index is 1.33. The highest BCUT2D eigenvalue weighted by Crippen LogP contribution is 2.51. The average molecular weight is 536 g/mol. The van der Waals surface area contributed by atoms with Crippen LogP contribution in [0.5, 0.6) is 0 Å². The lowest BCUT2D eigenvalue weighted by molar-refractivity contribution is -0.125. The molecule has 2 saturated carbocycles. The van der Waals surface area contributed by atoms with Gasteiger partial charge in [-0.05, 0) is 80.5 Å². The molecule has 0 spiro atoms. The summed E-state index contributed by atoms with van der Waals surface area (Å²) in [5, 5.41) is 23.9. The number of aromatic nitrogens is 2. The molecule has 3 aromatic rings. The van der Waals surface area contributed by atoms with Crippen molar-refractivity contribution < 1.29 is 9.18 Å². The molecule has 1 aliphatic heterocycles. The largest absolute Gasteiger partial charge is 0.371 e. The van der Waals surface area contributed by atoms with E-state index in [9.17, 15) is 19.7 Å². The lowest BCUT2D eigenvalue weighted by atomic mass is 9.72. The van der Waals surface area contributed by atoms with Crippen molar-refractivity contribution in [3.63, 3.8) is 0 Å². The monoisotopic (exact) mass is 535 g/mol. The van der Waals surface area contributed by atoms with Crippen LogP contribution in [0, 0.1) is 45.7 Å². The van der Waals surface area contributed by atoms with Crippen molar-refractivity contribution in [3.8, 4) is 29.0 Å². The van der Waals surface area contributed by atoms with Gasteiger partial charge in [0, 0.05) is 54.7 Å². The normalized spacial score (nSPS) is 22.3. The van der Waals surface area contributed by atoms with Gasteiger partial charge in [-0.15, -0.1) is 0 Å². The first kappa shape index (κ1) is 26.3. The summed E-state index contributed by atoms with van der Waals surface area (Å²) in [6.45, 7) is 1.75. The minimum Gasteiger partial charge on any atom is -0.371 e. The van der Waals surface area contributed by atoms with Gasteiger partial charge in [0.2, 0.25) is 0 Å². The smallest absolute Gasteiger partial charge is 0.138 e. The van der Waals surface area contributed by atoms with Crippen molar-refractivity contribution in [1.82, 2.24) is 9.78 Å². The minimum atomic E-state index is -0.451. The lowest BCUT2D eigenvalue weighted by Gasteiger charge is -2.31. The molecule has 6 nitrogen and oxygen atoms in total. The van der Waals surface area contributed by atoms with E-state index in [1.54, 1.807) is 16.8 Å². The Bertz CT molecular complexity index is 1450. The van der Waals surface area contributed by atoms with Gasteiger partial charge in [-0.25, -0.2) is 9.07 Å². The van der Waals surface area contributed by atoms with Crippen molar-refractivity contribution in [2.75, 3.05) is 18.0 Å². The van der Waals surface area contributed by atoms with E-state index in [1.807, 2.05) is 6.20 Å². The molecule has 7 heteroatoms. The van der Waals surface area contributed by atoms with Crippen LogP contribution in [0.3, 0.4) is 0 Å². The lowest BCUT2D eigenvalue weighted by Crippen LogP contribution is -2.33. The van der Waals surface area contributed by atoms with Gasteiger partial charge in [0.15, 0.2) is 0 Å². The number of carbonyl (C=O) groups excluding carboxylic acids is 1. The Morgan fingerprint density at radius 3 is 2.27 bits per heavy atom. The number of benzene rings is 2. The zero-order valence-electron chi connectivity index (χ0n) is 22.7. The van der Waals surface area contributed by atoms with Crippen molar-refractivity contribution in [2.24, 2.45) is 17.3 Å². The molecule has 40 heavy (non-hydrogen) atoms. The third kappa shape index (κ3) is 5.26. The predicted molar refractivity (Wildman–Crippen MR) is 151 cm³/mol. The fourth-order valence-electron chi connectivity index (χ4n) is 6.52. The molecule has 3 aliphatic rings. The number of nitriles is 2. The van der Waals surface area contributed by atoms with E-state index in [4.69, 9.17) is 5.10 Å². The number of rotatable bonds is 7. The molecule has 0 bridgehead atoms. The van der Waals surface area contributed by atoms with Gasteiger partial charge in [0.05, 0.1) is 28.9 Å². The van der Waals surface area contributed by atoms with E-state index < -0.39 is 5.41 Å². The number of ketones is 1. The number of hydrogen-bond acceptors (Lipinski definition) is 5. The summed E-state index contributed by atoms with van der Waals surface area (Å²) < 4.78 is 15.5. The quantitative estimate of drug-likeness (QED) is 0.327. The second-order valence-electron chi connectivity index (χ2n) is 11.8. The molecular weight excluding hydrogens is 501 g/mol. The maximum atomic E-state index is 13.7. The number of piperidine rings is 1. The minimum absolute atomic E-state index is 0.0165. The Labute approximate surface area is 235 Å². The van der Waals surface area contributed by atoms with Crippen molar-refractivity contribution in [3.05, 3.63) is 66.2 Å². The van der Waals surface area contributed by atoms with Crippen LogP contribution in [0.15, 0.2) is 54.7 Å². The van der Waals surface area contributed by atoms with Gasteiger partial charge in [-0.2, -0.15) is 15.6 Å². The number of anilines is 1. The number of halogens is 1. The Kier molecular flexibility index (Phi) is 7.15. The summed E-state index contributed by atoms with van der Waals surface area (Å²) in [4.78, 5) is 15.9. The standard InChI is InChI=1S/C33H34FN5O/c34-25-7-11-27(12-8-25)39-21-30(24-5-9-26(10-6-24)38-17-13-23(20-35)14-18-38)32(37-39)29-4-2-1-3-28(29)31(40)19-33(22-36)15-16-33/h5-12,21,23,28-29H,1-4,13-19H2/t28-,29-/m1/s1.